The number of halogens is 1. The zero-order valence-electron chi connectivity index (χ0n) is 10.6. The summed E-state index contributed by atoms with van der Waals surface area (Å²) < 4.78 is 0. The molecule has 0 saturated carbocycles. The minimum Gasteiger partial charge on any atom is -0.351 e. The molecule has 0 bridgehead atoms. The van der Waals surface area contributed by atoms with Crippen molar-refractivity contribution in [3.05, 3.63) is 51.7 Å². The van der Waals surface area contributed by atoms with Crippen LogP contribution in [0.25, 0.3) is 0 Å². The van der Waals surface area contributed by atoms with E-state index in [1.165, 1.54) is 11.3 Å². The van der Waals surface area contributed by atoms with E-state index < -0.39 is 0 Å². The SMILES string of the molecule is O=C(CCNC(=O)c1cccs1)Nc1cccc(Cl)c1. The number of hydrogen-bond acceptors (Lipinski definition) is 3. The lowest BCUT2D eigenvalue weighted by Gasteiger charge is -2.06. The lowest BCUT2D eigenvalue weighted by atomic mass is 10.3. The summed E-state index contributed by atoms with van der Waals surface area (Å²) in [5, 5.41) is 7.81. The second kappa shape index (κ2) is 7.07. The number of rotatable bonds is 5. The van der Waals surface area contributed by atoms with E-state index in [-0.39, 0.29) is 18.2 Å². The third-order valence-corrected chi connectivity index (χ3v) is 3.59. The molecule has 1 aromatic heterocycles. The van der Waals surface area contributed by atoms with Gasteiger partial charge in [-0.15, -0.1) is 11.3 Å². The van der Waals surface area contributed by atoms with Crippen LogP contribution in [0.1, 0.15) is 16.1 Å². The summed E-state index contributed by atoms with van der Waals surface area (Å²) in [5.74, 6) is -0.325. The number of thiophene rings is 1. The molecule has 6 heteroatoms. The highest BCUT2D eigenvalue weighted by Gasteiger charge is 2.07. The van der Waals surface area contributed by atoms with Crippen molar-refractivity contribution in [2.75, 3.05) is 11.9 Å². The van der Waals surface area contributed by atoms with Crippen LogP contribution in [-0.4, -0.2) is 18.4 Å². The maximum atomic E-state index is 11.7. The Morgan fingerprint density at radius 3 is 2.75 bits per heavy atom. The van der Waals surface area contributed by atoms with Gasteiger partial charge in [-0.25, -0.2) is 0 Å². The van der Waals surface area contributed by atoms with E-state index >= 15 is 0 Å². The summed E-state index contributed by atoms with van der Waals surface area (Å²) in [6, 6.07) is 10.5. The van der Waals surface area contributed by atoms with Crippen LogP contribution in [0.3, 0.4) is 0 Å². The van der Waals surface area contributed by atoms with E-state index in [0.717, 1.165) is 0 Å². The fourth-order valence-electron chi connectivity index (χ4n) is 1.57. The number of hydrogen-bond donors (Lipinski definition) is 2. The molecule has 0 spiro atoms. The van der Waals surface area contributed by atoms with Gasteiger partial charge >= 0.3 is 0 Å². The first kappa shape index (κ1) is 14.6. The van der Waals surface area contributed by atoms with Crippen molar-refractivity contribution in [2.24, 2.45) is 0 Å². The molecule has 4 nitrogen and oxygen atoms in total. The zero-order chi connectivity index (χ0) is 14.4. The molecule has 2 rings (SSSR count). The Bertz CT molecular complexity index is 599. The molecule has 104 valence electrons. The van der Waals surface area contributed by atoms with Crippen LogP contribution in [0.4, 0.5) is 5.69 Å². The Morgan fingerprint density at radius 2 is 2.05 bits per heavy atom. The van der Waals surface area contributed by atoms with Crippen LogP contribution < -0.4 is 10.6 Å². The Hall–Kier alpha value is -1.85. The molecular formula is C14H13ClN2O2S. The molecule has 1 heterocycles. The molecule has 0 atom stereocenters. The number of amides is 2. The van der Waals surface area contributed by atoms with E-state index in [0.29, 0.717) is 22.1 Å². The average Bonchev–Trinajstić information content (AvgIpc) is 2.92. The number of carbonyl (C=O) groups is 2. The molecule has 2 aromatic rings. The third-order valence-electron chi connectivity index (χ3n) is 2.49. The van der Waals surface area contributed by atoms with E-state index in [2.05, 4.69) is 10.6 Å². The maximum Gasteiger partial charge on any atom is 0.261 e. The largest absolute Gasteiger partial charge is 0.351 e. The summed E-state index contributed by atoms with van der Waals surface area (Å²) in [7, 11) is 0. The predicted octanol–water partition coefficient (Wildman–Crippen LogP) is 3.16. The first-order valence-electron chi connectivity index (χ1n) is 6.02. The fourth-order valence-corrected chi connectivity index (χ4v) is 2.40. The standard InChI is InChI=1S/C14H13ClN2O2S/c15-10-3-1-4-11(9-10)17-13(18)6-7-16-14(19)12-5-2-8-20-12/h1-5,8-9H,6-7H2,(H,16,19)(H,17,18). The molecule has 0 unspecified atom stereocenters. The molecule has 0 aliphatic rings. The smallest absolute Gasteiger partial charge is 0.261 e. The molecule has 0 saturated heterocycles. The average molecular weight is 309 g/mol. The van der Waals surface area contributed by atoms with Crippen LogP contribution in [0, 0.1) is 0 Å². The second-order valence-corrected chi connectivity index (χ2v) is 5.43. The van der Waals surface area contributed by atoms with Crippen molar-refractivity contribution in [2.45, 2.75) is 6.42 Å². The first-order valence-corrected chi connectivity index (χ1v) is 7.28. The molecule has 0 aliphatic carbocycles. The number of anilines is 1. The summed E-state index contributed by atoms with van der Waals surface area (Å²) >= 11 is 7.19. The summed E-state index contributed by atoms with van der Waals surface area (Å²) in [5.41, 5.74) is 0.645. The van der Waals surface area contributed by atoms with Gasteiger partial charge in [0.1, 0.15) is 0 Å². The highest BCUT2D eigenvalue weighted by atomic mass is 35.5. The van der Waals surface area contributed by atoms with Crippen LogP contribution in [0.5, 0.6) is 0 Å². The van der Waals surface area contributed by atoms with Gasteiger partial charge in [0, 0.05) is 23.7 Å². The number of nitrogens with one attached hydrogen (secondary N) is 2. The van der Waals surface area contributed by atoms with Gasteiger partial charge in [-0.3, -0.25) is 9.59 Å². The Balaban J connectivity index is 1.74. The summed E-state index contributed by atoms with van der Waals surface area (Å²) in [4.78, 5) is 24.0. The monoisotopic (exact) mass is 308 g/mol. The van der Waals surface area contributed by atoms with Gasteiger partial charge in [0.2, 0.25) is 5.91 Å². The topological polar surface area (TPSA) is 58.2 Å². The number of benzene rings is 1. The third kappa shape index (κ3) is 4.36. The van der Waals surface area contributed by atoms with Crippen LogP contribution >= 0.6 is 22.9 Å². The maximum absolute atomic E-state index is 11.7. The highest BCUT2D eigenvalue weighted by Crippen LogP contribution is 2.14. The Kier molecular flexibility index (Phi) is 5.15. The molecular weight excluding hydrogens is 296 g/mol. The van der Waals surface area contributed by atoms with Crippen LogP contribution in [-0.2, 0) is 4.79 Å². The summed E-state index contributed by atoms with van der Waals surface area (Å²) in [6.07, 6.45) is 0.212. The lowest BCUT2D eigenvalue weighted by molar-refractivity contribution is -0.116. The number of carbonyl (C=O) groups excluding carboxylic acids is 2. The molecule has 2 N–H and O–H groups in total. The van der Waals surface area contributed by atoms with Crippen LogP contribution in [0.2, 0.25) is 5.02 Å². The van der Waals surface area contributed by atoms with Gasteiger partial charge in [0.25, 0.3) is 5.91 Å². The van der Waals surface area contributed by atoms with Gasteiger partial charge in [-0.05, 0) is 29.6 Å². The Morgan fingerprint density at radius 1 is 1.20 bits per heavy atom. The van der Waals surface area contributed by atoms with Crippen molar-refractivity contribution in [1.82, 2.24) is 5.32 Å². The fraction of sp³-hybridized carbons (Fsp3) is 0.143. The van der Waals surface area contributed by atoms with Crippen LogP contribution in [0.15, 0.2) is 41.8 Å². The quantitative estimate of drug-likeness (QED) is 0.891. The van der Waals surface area contributed by atoms with Crippen molar-refractivity contribution in [3.63, 3.8) is 0 Å². The predicted molar refractivity (Wildman–Crippen MR) is 81.4 cm³/mol. The van der Waals surface area contributed by atoms with Crippen molar-refractivity contribution >= 4 is 40.4 Å². The van der Waals surface area contributed by atoms with E-state index in [9.17, 15) is 9.59 Å². The zero-order valence-corrected chi connectivity index (χ0v) is 12.1. The molecule has 0 fully saturated rings. The van der Waals surface area contributed by atoms with Gasteiger partial charge < -0.3 is 10.6 Å². The van der Waals surface area contributed by atoms with Crippen molar-refractivity contribution in [3.8, 4) is 0 Å². The highest BCUT2D eigenvalue weighted by molar-refractivity contribution is 7.12. The lowest BCUT2D eigenvalue weighted by Crippen LogP contribution is -2.27. The van der Waals surface area contributed by atoms with E-state index in [1.807, 2.05) is 11.4 Å². The van der Waals surface area contributed by atoms with Crippen molar-refractivity contribution in [1.29, 1.82) is 0 Å². The Labute approximate surface area is 125 Å². The normalized spacial score (nSPS) is 10.1. The molecule has 0 radical (unpaired) electrons. The second-order valence-electron chi connectivity index (χ2n) is 4.04. The van der Waals surface area contributed by atoms with Crippen molar-refractivity contribution < 1.29 is 9.59 Å². The van der Waals surface area contributed by atoms with Gasteiger partial charge in [-0.2, -0.15) is 0 Å². The van der Waals surface area contributed by atoms with E-state index in [4.69, 9.17) is 11.6 Å². The first-order chi connectivity index (χ1) is 9.65. The molecule has 2 amide bonds. The molecule has 0 aliphatic heterocycles. The van der Waals surface area contributed by atoms with E-state index in [1.54, 1.807) is 30.3 Å². The summed E-state index contributed by atoms with van der Waals surface area (Å²) in [6.45, 7) is 0.295. The van der Waals surface area contributed by atoms with Gasteiger partial charge in [0.15, 0.2) is 0 Å². The minimum atomic E-state index is -0.168. The van der Waals surface area contributed by atoms with Gasteiger partial charge in [-0.1, -0.05) is 23.7 Å². The molecule has 20 heavy (non-hydrogen) atoms. The molecule has 1 aromatic carbocycles. The van der Waals surface area contributed by atoms with Gasteiger partial charge in [0.05, 0.1) is 4.88 Å². The minimum absolute atomic E-state index is 0.157.